The molecular weight excluding hydrogens is 300 g/mol. The van der Waals surface area contributed by atoms with Gasteiger partial charge >= 0.3 is 0 Å². The molecule has 24 heavy (non-hydrogen) atoms. The average molecular weight is 318 g/mol. The fourth-order valence-corrected chi connectivity index (χ4v) is 2.64. The first kappa shape index (κ1) is 16.1. The molecule has 2 aromatic rings. The van der Waals surface area contributed by atoms with Gasteiger partial charge in [-0.2, -0.15) is 0 Å². The van der Waals surface area contributed by atoms with Crippen molar-refractivity contribution in [1.82, 2.24) is 0 Å². The van der Waals surface area contributed by atoms with Gasteiger partial charge in [-0.1, -0.05) is 85.0 Å². The lowest BCUT2D eigenvalue weighted by molar-refractivity contribution is 0.0922. The molecule has 0 saturated heterocycles. The highest BCUT2D eigenvalue weighted by Gasteiger charge is 2.38. The summed E-state index contributed by atoms with van der Waals surface area (Å²) >= 11 is 0. The molecule has 2 aromatic carbocycles. The predicted molar refractivity (Wildman–Crippen MR) is 93.7 cm³/mol. The maximum absolute atomic E-state index is 12.6. The molecule has 0 heterocycles. The van der Waals surface area contributed by atoms with E-state index in [1.54, 1.807) is 48.5 Å². The molecule has 1 aliphatic carbocycles. The summed E-state index contributed by atoms with van der Waals surface area (Å²) < 4.78 is 0. The number of rotatable bonds is 4. The van der Waals surface area contributed by atoms with Crippen molar-refractivity contribution in [3.63, 3.8) is 0 Å². The van der Waals surface area contributed by atoms with E-state index in [-0.39, 0.29) is 11.6 Å². The Labute approximate surface area is 140 Å². The minimum Gasteiger partial charge on any atom is -0.312 e. The normalized spacial score (nSPS) is 25.4. The van der Waals surface area contributed by atoms with Gasteiger partial charge in [0, 0.05) is 11.1 Å². The van der Waals surface area contributed by atoms with E-state index in [2.05, 4.69) is 0 Å². The van der Waals surface area contributed by atoms with E-state index < -0.39 is 11.1 Å². The zero-order chi connectivity index (χ0) is 17.2. The van der Waals surface area contributed by atoms with Gasteiger partial charge in [-0.15, -0.1) is 0 Å². The Hall–Kier alpha value is -2.82. The van der Waals surface area contributed by atoms with Crippen LogP contribution in [0.2, 0.25) is 0 Å². The van der Waals surface area contributed by atoms with Crippen LogP contribution < -0.4 is 11.5 Å². The largest absolute Gasteiger partial charge is 0.312 e. The Morgan fingerprint density at radius 2 is 0.875 bits per heavy atom. The van der Waals surface area contributed by atoms with Gasteiger partial charge in [0.05, 0.1) is 0 Å². The molecule has 0 atom stereocenters. The molecule has 4 nitrogen and oxygen atoms in total. The maximum atomic E-state index is 12.6. The number of carbonyl (C=O) groups excluding carboxylic acids is 2. The van der Waals surface area contributed by atoms with Crippen molar-refractivity contribution in [2.24, 2.45) is 11.5 Å². The van der Waals surface area contributed by atoms with E-state index in [9.17, 15) is 9.59 Å². The summed E-state index contributed by atoms with van der Waals surface area (Å²) in [5, 5.41) is 0. The highest BCUT2D eigenvalue weighted by Crippen LogP contribution is 2.25. The van der Waals surface area contributed by atoms with E-state index >= 15 is 0 Å². The minimum absolute atomic E-state index is 0.246. The van der Waals surface area contributed by atoms with Gasteiger partial charge < -0.3 is 11.5 Å². The van der Waals surface area contributed by atoms with Crippen LogP contribution in [0.5, 0.6) is 0 Å². The zero-order valence-corrected chi connectivity index (χ0v) is 13.1. The monoisotopic (exact) mass is 318 g/mol. The van der Waals surface area contributed by atoms with Gasteiger partial charge in [-0.25, -0.2) is 0 Å². The van der Waals surface area contributed by atoms with Crippen LogP contribution in [0.15, 0.2) is 85.0 Å². The van der Waals surface area contributed by atoms with E-state index in [4.69, 9.17) is 11.5 Å². The summed E-state index contributed by atoms with van der Waals surface area (Å²) in [5.74, 6) is -0.491. The first-order valence-electron chi connectivity index (χ1n) is 7.63. The molecule has 4 N–H and O–H groups in total. The molecule has 0 amide bonds. The number of hydrogen-bond acceptors (Lipinski definition) is 4. The molecule has 0 spiro atoms. The first-order chi connectivity index (χ1) is 11.4. The van der Waals surface area contributed by atoms with E-state index in [1.807, 2.05) is 12.1 Å². The smallest absolute Gasteiger partial charge is 0.190 e. The summed E-state index contributed by atoms with van der Waals surface area (Å²) in [6.07, 6.45) is 6.01. The van der Waals surface area contributed by atoms with Crippen molar-refractivity contribution >= 4 is 11.6 Å². The second kappa shape index (κ2) is 6.00. The summed E-state index contributed by atoms with van der Waals surface area (Å²) in [7, 11) is 0. The summed E-state index contributed by atoms with van der Waals surface area (Å²) in [6, 6.07) is 17.6. The Kier molecular flexibility index (Phi) is 4.01. The van der Waals surface area contributed by atoms with Crippen LogP contribution in [0.3, 0.4) is 0 Å². The van der Waals surface area contributed by atoms with Crippen LogP contribution in [0.25, 0.3) is 0 Å². The van der Waals surface area contributed by atoms with Crippen molar-refractivity contribution in [2.75, 3.05) is 0 Å². The lowest BCUT2D eigenvalue weighted by atomic mass is 9.78. The molecule has 3 rings (SSSR count). The van der Waals surface area contributed by atoms with Crippen molar-refractivity contribution in [3.05, 3.63) is 96.1 Å². The maximum Gasteiger partial charge on any atom is 0.190 e. The van der Waals surface area contributed by atoms with Crippen LogP contribution in [0.4, 0.5) is 0 Å². The number of Topliss-reactive ketones (excluding diaryl/α,β-unsaturated/α-hetero) is 2. The third-order valence-electron chi connectivity index (χ3n) is 4.13. The third-order valence-corrected chi connectivity index (χ3v) is 4.13. The SMILES string of the molecule is NC1(C(=O)c2ccccc2)C=CC(N)(C(=O)c2ccccc2)C=C1. The van der Waals surface area contributed by atoms with Crippen LogP contribution in [0.1, 0.15) is 20.7 Å². The molecule has 0 aromatic heterocycles. The van der Waals surface area contributed by atoms with Crippen molar-refractivity contribution in [3.8, 4) is 0 Å². The van der Waals surface area contributed by atoms with Crippen molar-refractivity contribution in [2.45, 2.75) is 11.1 Å². The van der Waals surface area contributed by atoms with E-state index in [0.717, 1.165) is 0 Å². The summed E-state index contributed by atoms with van der Waals surface area (Å²) in [6.45, 7) is 0. The standard InChI is InChI=1S/C20H18N2O2/c21-19(17(23)15-7-3-1-4-8-15)11-13-20(22,14-12-19)18(24)16-9-5-2-6-10-16/h1-14H,21-22H2. The fourth-order valence-electron chi connectivity index (χ4n) is 2.64. The van der Waals surface area contributed by atoms with Crippen LogP contribution >= 0.6 is 0 Å². The van der Waals surface area contributed by atoms with Gasteiger partial charge in [0.1, 0.15) is 11.1 Å². The number of hydrogen-bond donors (Lipinski definition) is 2. The van der Waals surface area contributed by atoms with Gasteiger partial charge in [0.2, 0.25) is 0 Å². The van der Waals surface area contributed by atoms with Gasteiger partial charge in [-0.05, 0) is 0 Å². The van der Waals surface area contributed by atoms with Crippen LogP contribution in [-0.2, 0) is 0 Å². The predicted octanol–water partition coefficient (Wildman–Crippen LogP) is 2.27. The third kappa shape index (κ3) is 2.85. The van der Waals surface area contributed by atoms with Crippen LogP contribution in [-0.4, -0.2) is 22.6 Å². The zero-order valence-electron chi connectivity index (χ0n) is 13.1. The highest BCUT2D eigenvalue weighted by molar-refractivity contribution is 6.09. The van der Waals surface area contributed by atoms with E-state index in [1.165, 1.54) is 24.3 Å². The lowest BCUT2D eigenvalue weighted by Crippen LogP contribution is -2.52. The molecule has 0 bridgehead atoms. The average Bonchev–Trinajstić information content (AvgIpc) is 2.64. The molecule has 120 valence electrons. The molecule has 0 unspecified atom stereocenters. The molecule has 0 saturated carbocycles. The number of benzene rings is 2. The Balaban J connectivity index is 1.87. The molecule has 1 aliphatic rings. The Bertz CT molecular complexity index is 740. The number of ketones is 2. The lowest BCUT2D eigenvalue weighted by Gasteiger charge is -2.30. The quantitative estimate of drug-likeness (QED) is 0.669. The topological polar surface area (TPSA) is 86.2 Å². The molecule has 4 heteroatoms. The number of nitrogens with two attached hydrogens (primary N) is 2. The summed E-state index contributed by atoms with van der Waals surface area (Å²) in [4.78, 5) is 25.2. The fraction of sp³-hybridized carbons (Fsp3) is 0.100. The van der Waals surface area contributed by atoms with Crippen molar-refractivity contribution in [1.29, 1.82) is 0 Å². The van der Waals surface area contributed by atoms with Gasteiger partial charge in [-0.3, -0.25) is 9.59 Å². The molecule has 0 aliphatic heterocycles. The highest BCUT2D eigenvalue weighted by atomic mass is 16.1. The molecule has 0 radical (unpaired) electrons. The second-order valence-corrected chi connectivity index (χ2v) is 5.92. The number of carbonyl (C=O) groups is 2. The summed E-state index contributed by atoms with van der Waals surface area (Å²) in [5.41, 5.74) is 10.8. The van der Waals surface area contributed by atoms with Crippen LogP contribution in [0, 0.1) is 0 Å². The molecular formula is C20H18N2O2. The van der Waals surface area contributed by atoms with Gasteiger partial charge in [0.15, 0.2) is 11.6 Å². The molecule has 0 fully saturated rings. The Morgan fingerprint density at radius 1 is 0.583 bits per heavy atom. The minimum atomic E-state index is -1.30. The van der Waals surface area contributed by atoms with Crippen molar-refractivity contribution < 1.29 is 9.59 Å². The second-order valence-electron chi connectivity index (χ2n) is 5.92. The van der Waals surface area contributed by atoms with E-state index in [0.29, 0.717) is 11.1 Å². The van der Waals surface area contributed by atoms with Gasteiger partial charge in [0.25, 0.3) is 0 Å². The Morgan fingerprint density at radius 3 is 1.17 bits per heavy atom. The first-order valence-corrected chi connectivity index (χ1v) is 7.63.